The van der Waals surface area contributed by atoms with Gasteiger partial charge in [0.05, 0.1) is 12.1 Å². The van der Waals surface area contributed by atoms with Crippen LogP contribution >= 0.6 is 0 Å². The van der Waals surface area contributed by atoms with Crippen LogP contribution in [0.25, 0.3) is 0 Å². The van der Waals surface area contributed by atoms with E-state index in [1.165, 1.54) is 0 Å². The van der Waals surface area contributed by atoms with Crippen LogP contribution in [-0.2, 0) is 6.42 Å². The van der Waals surface area contributed by atoms with Crippen LogP contribution in [0.1, 0.15) is 42.6 Å². The summed E-state index contributed by atoms with van der Waals surface area (Å²) in [5.41, 5.74) is 1.69. The molecular formula is C22H30N2O2. The lowest BCUT2D eigenvalue weighted by atomic mass is 10.00. The maximum Gasteiger partial charge on any atom is 0.251 e. The minimum absolute atomic E-state index is 0.160. The Labute approximate surface area is 156 Å². The fourth-order valence-electron chi connectivity index (χ4n) is 2.99. The van der Waals surface area contributed by atoms with E-state index in [9.17, 15) is 9.90 Å². The van der Waals surface area contributed by atoms with Gasteiger partial charge in [0.15, 0.2) is 0 Å². The van der Waals surface area contributed by atoms with E-state index in [0.717, 1.165) is 18.4 Å². The monoisotopic (exact) mass is 354 g/mol. The minimum Gasteiger partial charge on any atom is -0.390 e. The highest BCUT2D eigenvalue weighted by molar-refractivity contribution is 5.94. The molecule has 0 bridgehead atoms. The Kier molecular flexibility index (Phi) is 8.32. The number of hydrogen-bond donors (Lipinski definition) is 3. The Hall–Kier alpha value is -2.17. The summed E-state index contributed by atoms with van der Waals surface area (Å²) in [4.78, 5) is 12.5. The van der Waals surface area contributed by atoms with E-state index in [2.05, 4.69) is 24.5 Å². The van der Waals surface area contributed by atoms with E-state index in [1.54, 1.807) is 12.1 Å². The average Bonchev–Trinajstić information content (AvgIpc) is 2.67. The fourth-order valence-corrected chi connectivity index (χ4v) is 2.99. The van der Waals surface area contributed by atoms with E-state index in [0.29, 0.717) is 24.6 Å². The number of rotatable bonds is 10. The van der Waals surface area contributed by atoms with Crippen molar-refractivity contribution in [2.45, 2.75) is 51.3 Å². The minimum atomic E-state index is -0.665. The van der Waals surface area contributed by atoms with Crippen LogP contribution in [0.4, 0.5) is 0 Å². The predicted octanol–water partition coefficient (Wildman–Crippen LogP) is 3.17. The number of aliphatic hydroxyl groups is 1. The van der Waals surface area contributed by atoms with Crippen LogP contribution in [0.15, 0.2) is 60.7 Å². The number of benzene rings is 2. The van der Waals surface area contributed by atoms with Gasteiger partial charge in [-0.15, -0.1) is 0 Å². The van der Waals surface area contributed by atoms with Crippen molar-refractivity contribution in [1.82, 2.24) is 10.6 Å². The first-order valence-electron chi connectivity index (χ1n) is 9.41. The number of aliphatic hydroxyl groups excluding tert-OH is 1. The van der Waals surface area contributed by atoms with Crippen molar-refractivity contribution in [2.24, 2.45) is 0 Å². The molecule has 0 radical (unpaired) electrons. The van der Waals surface area contributed by atoms with E-state index < -0.39 is 6.10 Å². The Morgan fingerprint density at radius 3 is 2.27 bits per heavy atom. The first-order valence-corrected chi connectivity index (χ1v) is 9.41. The molecule has 26 heavy (non-hydrogen) atoms. The molecular weight excluding hydrogens is 324 g/mol. The molecule has 4 heteroatoms. The Bertz CT molecular complexity index is 646. The molecule has 0 heterocycles. The molecule has 0 aromatic heterocycles. The van der Waals surface area contributed by atoms with Gasteiger partial charge in [-0.2, -0.15) is 0 Å². The lowest BCUT2D eigenvalue weighted by Gasteiger charge is -2.26. The summed E-state index contributed by atoms with van der Waals surface area (Å²) >= 11 is 0. The standard InChI is InChI=1S/C22H30N2O2/c1-3-10-17(2)23-16-21(25)20(15-18-11-6-4-7-12-18)24-22(26)19-13-8-5-9-14-19/h4-9,11-14,17,20-21,23,25H,3,10,15-16H2,1-2H3,(H,24,26)/t17?,20-,21+/m0/s1. The van der Waals surface area contributed by atoms with E-state index in [1.807, 2.05) is 48.5 Å². The molecule has 0 aliphatic heterocycles. The van der Waals surface area contributed by atoms with Crippen LogP contribution in [0.3, 0.4) is 0 Å². The quantitative estimate of drug-likeness (QED) is 0.614. The molecule has 3 atom stereocenters. The Balaban J connectivity index is 2.04. The molecule has 1 unspecified atom stereocenters. The van der Waals surface area contributed by atoms with Gasteiger partial charge in [-0.1, -0.05) is 61.9 Å². The molecule has 140 valence electrons. The number of hydrogen-bond acceptors (Lipinski definition) is 3. The molecule has 0 saturated carbocycles. The molecule has 3 N–H and O–H groups in total. The van der Waals surface area contributed by atoms with Crippen molar-refractivity contribution >= 4 is 5.91 Å². The normalized spacial score (nSPS) is 14.4. The largest absolute Gasteiger partial charge is 0.390 e. The molecule has 2 aromatic carbocycles. The van der Waals surface area contributed by atoms with Crippen molar-refractivity contribution in [3.05, 3.63) is 71.8 Å². The maximum atomic E-state index is 12.5. The summed E-state index contributed by atoms with van der Waals surface area (Å²) in [6.07, 6.45) is 2.08. The molecule has 0 saturated heterocycles. The Morgan fingerprint density at radius 2 is 1.65 bits per heavy atom. The van der Waals surface area contributed by atoms with Crippen molar-refractivity contribution in [3.63, 3.8) is 0 Å². The van der Waals surface area contributed by atoms with Gasteiger partial charge in [0.2, 0.25) is 0 Å². The lowest BCUT2D eigenvalue weighted by Crippen LogP contribution is -2.49. The molecule has 1 amide bonds. The van der Waals surface area contributed by atoms with Gasteiger partial charge in [-0.25, -0.2) is 0 Å². The van der Waals surface area contributed by atoms with Crippen molar-refractivity contribution in [3.8, 4) is 0 Å². The van der Waals surface area contributed by atoms with Gasteiger partial charge in [0.25, 0.3) is 5.91 Å². The molecule has 0 spiro atoms. The Morgan fingerprint density at radius 1 is 1.04 bits per heavy atom. The second-order valence-electron chi connectivity index (χ2n) is 6.80. The second kappa shape index (κ2) is 10.7. The summed E-state index contributed by atoms with van der Waals surface area (Å²) in [5.74, 6) is -0.160. The zero-order chi connectivity index (χ0) is 18.8. The third-order valence-corrected chi connectivity index (χ3v) is 4.51. The van der Waals surface area contributed by atoms with Gasteiger partial charge < -0.3 is 15.7 Å². The van der Waals surface area contributed by atoms with Gasteiger partial charge in [0.1, 0.15) is 0 Å². The van der Waals surface area contributed by atoms with Crippen molar-refractivity contribution in [1.29, 1.82) is 0 Å². The lowest BCUT2D eigenvalue weighted by molar-refractivity contribution is 0.0825. The zero-order valence-corrected chi connectivity index (χ0v) is 15.7. The van der Waals surface area contributed by atoms with Gasteiger partial charge >= 0.3 is 0 Å². The van der Waals surface area contributed by atoms with E-state index in [4.69, 9.17) is 0 Å². The average molecular weight is 354 g/mol. The first kappa shape index (κ1) is 20.1. The number of nitrogens with one attached hydrogen (secondary N) is 2. The summed E-state index contributed by atoms with van der Waals surface area (Å²) in [5, 5.41) is 17.1. The van der Waals surface area contributed by atoms with Gasteiger partial charge in [-0.05, 0) is 37.5 Å². The molecule has 2 aromatic rings. The summed E-state index contributed by atoms with van der Waals surface area (Å²) in [6, 6.07) is 19.0. The van der Waals surface area contributed by atoms with Crippen LogP contribution in [0.5, 0.6) is 0 Å². The molecule has 2 rings (SSSR count). The molecule has 0 aliphatic carbocycles. The number of amides is 1. The van der Waals surface area contributed by atoms with Gasteiger partial charge in [0, 0.05) is 18.2 Å². The number of carbonyl (C=O) groups excluding carboxylic acids is 1. The van der Waals surface area contributed by atoms with E-state index in [-0.39, 0.29) is 11.9 Å². The SMILES string of the molecule is CCCC(C)NC[C@@H](O)[C@H](Cc1ccccc1)NC(=O)c1ccccc1. The maximum absolute atomic E-state index is 12.5. The predicted molar refractivity (Wildman–Crippen MR) is 106 cm³/mol. The summed E-state index contributed by atoms with van der Waals surface area (Å²) in [6.45, 7) is 4.71. The van der Waals surface area contributed by atoms with Crippen LogP contribution < -0.4 is 10.6 Å². The number of carbonyl (C=O) groups is 1. The zero-order valence-electron chi connectivity index (χ0n) is 15.7. The van der Waals surface area contributed by atoms with Crippen LogP contribution in [0, 0.1) is 0 Å². The molecule has 4 nitrogen and oxygen atoms in total. The third kappa shape index (κ3) is 6.62. The van der Waals surface area contributed by atoms with Crippen molar-refractivity contribution in [2.75, 3.05) is 6.54 Å². The topological polar surface area (TPSA) is 61.4 Å². The first-order chi connectivity index (χ1) is 12.6. The van der Waals surface area contributed by atoms with Gasteiger partial charge in [-0.3, -0.25) is 4.79 Å². The third-order valence-electron chi connectivity index (χ3n) is 4.51. The smallest absolute Gasteiger partial charge is 0.251 e. The summed E-state index contributed by atoms with van der Waals surface area (Å²) < 4.78 is 0. The summed E-state index contributed by atoms with van der Waals surface area (Å²) in [7, 11) is 0. The highest BCUT2D eigenvalue weighted by Crippen LogP contribution is 2.09. The van der Waals surface area contributed by atoms with Crippen molar-refractivity contribution < 1.29 is 9.90 Å². The molecule has 0 fully saturated rings. The molecule has 0 aliphatic rings. The van der Waals surface area contributed by atoms with E-state index >= 15 is 0 Å². The highest BCUT2D eigenvalue weighted by Gasteiger charge is 2.22. The van der Waals surface area contributed by atoms with Crippen LogP contribution in [0.2, 0.25) is 0 Å². The second-order valence-corrected chi connectivity index (χ2v) is 6.80. The fraction of sp³-hybridized carbons (Fsp3) is 0.409. The highest BCUT2D eigenvalue weighted by atomic mass is 16.3. The van der Waals surface area contributed by atoms with Crippen LogP contribution in [-0.4, -0.2) is 35.7 Å².